The Kier molecular flexibility index (Phi) is 3.04. The molecule has 1 rings (SSSR count). The van der Waals surface area contributed by atoms with Gasteiger partial charge in [0, 0.05) is 0 Å². The summed E-state index contributed by atoms with van der Waals surface area (Å²) in [6.45, 7) is -0.254. The van der Waals surface area contributed by atoms with Crippen molar-refractivity contribution in [3.05, 3.63) is 23.8 Å². The fourth-order valence-electron chi connectivity index (χ4n) is 0.966. The van der Waals surface area contributed by atoms with Crippen molar-refractivity contribution >= 4 is 5.69 Å². The van der Waals surface area contributed by atoms with E-state index in [2.05, 4.69) is 0 Å². The highest BCUT2D eigenvalue weighted by Crippen LogP contribution is 2.33. The number of hydrogen-bond acceptors (Lipinski definition) is 3. The van der Waals surface area contributed by atoms with Gasteiger partial charge in [-0.05, 0) is 18.2 Å². The van der Waals surface area contributed by atoms with E-state index in [0.29, 0.717) is 0 Å². The monoisotopic (exact) mass is 216 g/mol. The van der Waals surface area contributed by atoms with E-state index in [4.69, 9.17) is 15.7 Å². The van der Waals surface area contributed by atoms with Crippen molar-refractivity contribution in [1.82, 2.24) is 0 Å². The molecule has 0 aromatic heterocycles. The van der Waals surface area contributed by atoms with Gasteiger partial charge in [-0.1, -0.05) is 0 Å². The topological polar surface area (TPSA) is 59.0 Å². The van der Waals surface area contributed by atoms with E-state index in [1.54, 1.807) is 6.07 Å². The Bertz CT molecular complexity index is 395. The van der Waals surface area contributed by atoms with Gasteiger partial charge in [-0.3, -0.25) is 0 Å². The number of anilines is 1. The molecular formula is C9H7F3N2O. The number of nitriles is 1. The predicted molar refractivity (Wildman–Crippen MR) is 47.0 cm³/mol. The maximum Gasteiger partial charge on any atom is 0.416 e. The zero-order chi connectivity index (χ0) is 11.5. The van der Waals surface area contributed by atoms with E-state index < -0.39 is 11.7 Å². The van der Waals surface area contributed by atoms with Crippen molar-refractivity contribution in [3.63, 3.8) is 0 Å². The summed E-state index contributed by atoms with van der Waals surface area (Å²) in [5, 5.41) is 8.21. The van der Waals surface area contributed by atoms with Crippen LogP contribution in [-0.2, 0) is 6.18 Å². The van der Waals surface area contributed by atoms with Crippen LogP contribution in [0.5, 0.6) is 5.75 Å². The molecule has 15 heavy (non-hydrogen) atoms. The summed E-state index contributed by atoms with van der Waals surface area (Å²) in [7, 11) is 0. The Morgan fingerprint density at radius 2 is 2.07 bits per heavy atom. The predicted octanol–water partition coefficient (Wildman–Crippen LogP) is 2.19. The lowest BCUT2D eigenvalue weighted by atomic mass is 10.2. The summed E-state index contributed by atoms with van der Waals surface area (Å²) in [5.74, 6) is 0.0737. The molecule has 0 unspecified atom stereocenters. The lowest BCUT2D eigenvalue weighted by molar-refractivity contribution is -0.137. The third kappa shape index (κ3) is 2.77. The van der Waals surface area contributed by atoms with Crippen LogP contribution in [-0.4, -0.2) is 6.61 Å². The maximum atomic E-state index is 12.2. The minimum absolute atomic E-state index is 0.0737. The number of ether oxygens (including phenoxy) is 1. The number of rotatable bonds is 2. The minimum Gasteiger partial charge on any atom is -0.477 e. The van der Waals surface area contributed by atoms with E-state index in [0.717, 1.165) is 18.2 Å². The van der Waals surface area contributed by atoms with E-state index in [9.17, 15) is 13.2 Å². The molecule has 0 spiro atoms. The van der Waals surface area contributed by atoms with Gasteiger partial charge in [0.25, 0.3) is 0 Å². The summed E-state index contributed by atoms with van der Waals surface area (Å²) in [5.41, 5.74) is 4.34. The summed E-state index contributed by atoms with van der Waals surface area (Å²) >= 11 is 0. The number of nitrogen functional groups attached to an aromatic ring is 1. The first kappa shape index (κ1) is 11.2. The Morgan fingerprint density at radius 3 is 2.53 bits per heavy atom. The first-order chi connectivity index (χ1) is 6.95. The van der Waals surface area contributed by atoms with Crippen LogP contribution in [0.2, 0.25) is 0 Å². The molecule has 80 valence electrons. The molecule has 6 heteroatoms. The Balaban J connectivity index is 2.94. The molecule has 0 fully saturated rings. The smallest absolute Gasteiger partial charge is 0.416 e. The first-order valence-electron chi connectivity index (χ1n) is 3.91. The number of nitrogens with zero attached hydrogens (tertiary/aromatic N) is 1. The zero-order valence-corrected chi connectivity index (χ0v) is 7.51. The maximum absolute atomic E-state index is 12.2. The third-order valence-corrected chi connectivity index (χ3v) is 1.63. The molecule has 0 aliphatic rings. The van der Waals surface area contributed by atoms with Gasteiger partial charge >= 0.3 is 6.18 Å². The molecule has 1 aromatic rings. The Hall–Kier alpha value is -1.90. The van der Waals surface area contributed by atoms with Crippen molar-refractivity contribution in [2.75, 3.05) is 12.3 Å². The molecule has 0 bridgehead atoms. The Morgan fingerprint density at radius 1 is 1.40 bits per heavy atom. The molecule has 0 amide bonds. The van der Waals surface area contributed by atoms with Crippen molar-refractivity contribution in [2.24, 2.45) is 0 Å². The molecular weight excluding hydrogens is 209 g/mol. The largest absolute Gasteiger partial charge is 0.477 e. The second-order valence-electron chi connectivity index (χ2n) is 2.70. The molecule has 3 nitrogen and oxygen atoms in total. The average Bonchev–Trinajstić information content (AvgIpc) is 2.14. The molecule has 0 radical (unpaired) electrons. The highest BCUT2D eigenvalue weighted by atomic mass is 19.4. The van der Waals surface area contributed by atoms with Crippen molar-refractivity contribution in [3.8, 4) is 11.8 Å². The number of halogens is 3. The van der Waals surface area contributed by atoms with E-state index in [-0.39, 0.29) is 18.0 Å². The van der Waals surface area contributed by atoms with Gasteiger partial charge in [0.05, 0.1) is 11.3 Å². The van der Waals surface area contributed by atoms with Crippen LogP contribution in [0.3, 0.4) is 0 Å². The van der Waals surface area contributed by atoms with Crippen LogP contribution >= 0.6 is 0 Å². The quantitative estimate of drug-likeness (QED) is 0.771. The van der Waals surface area contributed by atoms with Crippen LogP contribution in [0.1, 0.15) is 5.56 Å². The molecule has 1 aromatic carbocycles. The van der Waals surface area contributed by atoms with Gasteiger partial charge < -0.3 is 10.5 Å². The summed E-state index contributed by atoms with van der Waals surface area (Å²) < 4.78 is 41.4. The lowest BCUT2D eigenvalue weighted by Gasteiger charge is -2.10. The fourth-order valence-corrected chi connectivity index (χ4v) is 0.966. The van der Waals surface area contributed by atoms with Crippen molar-refractivity contribution < 1.29 is 17.9 Å². The first-order valence-corrected chi connectivity index (χ1v) is 3.91. The normalized spacial score (nSPS) is 10.8. The van der Waals surface area contributed by atoms with E-state index >= 15 is 0 Å². The van der Waals surface area contributed by atoms with Crippen LogP contribution in [0.25, 0.3) is 0 Å². The minimum atomic E-state index is -4.43. The molecule has 0 heterocycles. The Labute approximate surface area is 83.9 Å². The molecule has 0 aliphatic heterocycles. The number of benzene rings is 1. The van der Waals surface area contributed by atoms with Crippen molar-refractivity contribution in [1.29, 1.82) is 5.26 Å². The molecule has 0 saturated heterocycles. The second kappa shape index (κ2) is 4.09. The van der Waals surface area contributed by atoms with Crippen LogP contribution in [0, 0.1) is 11.3 Å². The highest BCUT2D eigenvalue weighted by molar-refractivity contribution is 5.54. The van der Waals surface area contributed by atoms with Gasteiger partial charge in [0.2, 0.25) is 0 Å². The highest BCUT2D eigenvalue weighted by Gasteiger charge is 2.30. The number of nitrogens with two attached hydrogens (primary N) is 1. The number of alkyl halides is 3. The molecule has 0 saturated carbocycles. The SMILES string of the molecule is N#CCOc1ccc(C(F)(F)F)cc1N. The van der Waals surface area contributed by atoms with Gasteiger partial charge in [0.15, 0.2) is 6.61 Å². The average molecular weight is 216 g/mol. The molecule has 2 N–H and O–H groups in total. The van der Waals surface area contributed by atoms with Crippen molar-refractivity contribution in [2.45, 2.75) is 6.18 Å². The van der Waals surface area contributed by atoms with Crippen LogP contribution < -0.4 is 10.5 Å². The standard InChI is InChI=1S/C9H7F3N2O/c10-9(11,12)6-1-2-8(7(14)5-6)15-4-3-13/h1-2,5H,4,14H2. The lowest BCUT2D eigenvalue weighted by Crippen LogP contribution is -2.06. The number of hydrogen-bond donors (Lipinski definition) is 1. The summed E-state index contributed by atoms with van der Waals surface area (Å²) in [4.78, 5) is 0. The van der Waals surface area contributed by atoms with Crippen LogP contribution in [0.4, 0.5) is 18.9 Å². The fraction of sp³-hybridized carbons (Fsp3) is 0.222. The van der Waals surface area contributed by atoms with Gasteiger partial charge in [-0.25, -0.2) is 0 Å². The van der Waals surface area contributed by atoms with Gasteiger partial charge in [-0.2, -0.15) is 18.4 Å². The van der Waals surface area contributed by atoms with Gasteiger partial charge in [-0.15, -0.1) is 0 Å². The van der Waals surface area contributed by atoms with Gasteiger partial charge in [0.1, 0.15) is 11.8 Å². The van der Waals surface area contributed by atoms with E-state index in [1.165, 1.54) is 0 Å². The summed E-state index contributed by atoms with van der Waals surface area (Å²) in [6.07, 6.45) is -4.43. The molecule has 0 aliphatic carbocycles. The zero-order valence-electron chi connectivity index (χ0n) is 7.51. The second-order valence-corrected chi connectivity index (χ2v) is 2.70. The molecule has 0 atom stereocenters. The van der Waals surface area contributed by atoms with Crippen LogP contribution in [0.15, 0.2) is 18.2 Å². The van der Waals surface area contributed by atoms with E-state index in [1.807, 2.05) is 0 Å². The summed E-state index contributed by atoms with van der Waals surface area (Å²) in [6, 6.07) is 4.40. The third-order valence-electron chi connectivity index (χ3n) is 1.63.